The number of ether oxygens (including phenoxy) is 1. The maximum Gasteiger partial charge on any atom is 0.317 e. The van der Waals surface area contributed by atoms with E-state index in [4.69, 9.17) is 16.3 Å². The molecule has 2 fully saturated rings. The van der Waals surface area contributed by atoms with Gasteiger partial charge in [-0.05, 0) is 69.2 Å². The second kappa shape index (κ2) is 10.0. The summed E-state index contributed by atoms with van der Waals surface area (Å²) < 4.78 is 31.6. The van der Waals surface area contributed by atoms with Crippen molar-refractivity contribution in [2.24, 2.45) is 11.8 Å². The Morgan fingerprint density at radius 3 is 2.53 bits per heavy atom. The van der Waals surface area contributed by atoms with Crippen molar-refractivity contribution >= 4 is 39.0 Å². The number of cyclic esters (lactones) is 1. The molecule has 2 aromatic heterocycles. The highest BCUT2D eigenvalue weighted by Crippen LogP contribution is 2.45. The number of Topliss-reactive ketones (excluding diaryl/α,β-unsaturated/α-hetero) is 1. The van der Waals surface area contributed by atoms with Gasteiger partial charge in [0.25, 0.3) is 5.78 Å². The van der Waals surface area contributed by atoms with Gasteiger partial charge < -0.3 is 4.74 Å². The number of aromatic nitrogens is 4. The second-order valence-electron chi connectivity index (χ2n) is 10.7. The number of fused-ring (bicyclic) bond motifs is 1. The summed E-state index contributed by atoms with van der Waals surface area (Å²) in [7, 11) is -3.43. The van der Waals surface area contributed by atoms with Crippen molar-refractivity contribution in [3.8, 4) is 0 Å². The minimum Gasteiger partial charge on any atom is -0.458 e. The number of benzene rings is 1. The fourth-order valence-corrected chi connectivity index (χ4v) is 7.26. The standard InChI is InChI=1S/C27H31ClN4O5S/c1-16-12-17(2)32-26(29-16)30-24(31-32)14-20-22(33)15-27(37-25(20)34,19-6-4-5-7-19)11-10-18-8-9-23(21(28)13-18)38(3,35)36/h8-9,12-13,19-20H,4-7,10-11,14-15H2,1-3H3. The molecule has 9 nitrogen and oxygen atoms in total. The molecule has 11 heteroatoms. The Kier molecular flexibility index (Phi) is 7.06. The molecule has 2 atom stereocenters. The van der Waals surface area contributed by atoms with Crippen LogP contribution in [0, 0.1) is 25.7 Å². The molecule has 38 heavy (non-hydrogen) atoms. The SMILES string of the molecule is Cc1cc(C)n2nc(CC3C(=O)CC(CCc4ccc(S(C)(=O)=O)c(Cl)c4)(C4CCCC4)OC3=O)nc2n1. The van der Waals surface area contributed by atoms with Crippen LogP contribution in [-0.2, 0) is 37.0 Å². The van der Waals surface area contributed by atoms with Crippen molar-refractivity contribution in [3.05, 3.63) is 52.1 Å². The number of esters is 1. The summed E-state index contributed by atoms with van der Waals surface area (Å²) in [5, 5.41) is 4.63. The first-order valence-corrected chi connectivity index (χ1v) is 15.2. The topological polar surface area (TPSA) is 121 Å². The highest BCUT2D eigenvalue weighted by molar-refractivity contribution is 7.90. The zero-order chi connectivity index (χ0) is 27.2. The molecule has 0 spiro atoms. The van der Waals surface area contributed by atoms with Crippen LogP contribution in [0.25, 0.3) is 5.78 Å². The zero-order valence-corrected chi connectivity index (χ0v) is 23.3. The predicted molar refractivity (Wildman–Crippen MR) is 141 cm³/mol. The van der Waals surface area contributed by atoms with Crippen LogP contribution in [0.4, 0.5) is 0 Å². The van der Waals surface area contributed by atoms with Crippen LogP contribution >= 0.6 is 11.6 Å². The number of carbonyl (C=O) groups excluding carboxylic acids is 2. The molecule has 0 N–H and O–H groups in total. The Labute approximate surface area is 226 Å². The minimum absolute atomic E-state index is 0.0722. The third-order valence-electron chi connectivity index (χ3n) is 7.83. The maximum absolute atomic E-state index is 13.5. The van der Waals surface area contributed by atoms with Crippen molar-refractivity contribution in [3.63, 3.8) is 0 Å². The molecule has 0 bridgehead atoms. The fourth-order valence-electron chi connectivity index (χ4n) is 5.91. The molecule has 1 aliphatic carbocycles. The van der Waals surface area contributed by atoms with E-state index in [1.54, 1.807) is 16.6 Å². The first-order chi connectivity index (χ1) is 17.9. The average molecular weight is 559 g/mol. The highest BCUT2D eigenvalue weighted by Gasteiger charge is 2.51. The number of sulfone groups is 1. The zero-order valence-electron chi connectivity index (χ0n) is 21.7. The van der Waals surface area contributed by atoms with Gasteiger partial charge in [-0.2, -0.15) is 4.98 Å². The Morgan fingerprint density at radius 2 is 1.87 bits per heavy atom. The lowest BCUT2D eigenvalue weighted by molar-refractivity contribution is -0.185. The van der Waals surface area contributed by atoms with E-state index >= 15 is 0 Å². The lowest BCUT2D eigenvalue weighted by Gasteiger charge is -2.43. The molecular formula is C27H31ClN4O5S. The van der Waals surface area contributed by atoms with Crippen LogP contribution in [0.2, 0.25) is 5.02 Å². The number of hydrogen-bond donors (Lipinski definition) is 0. The Hall–Kier alpha value is -2.85. The third kappa shape index (κ3) is 5.20. The Balaban J connectivity index is 1.36. The molecule has 2 unspecified atom stereocenters. The van der Waals surface area contributed by atoms with Crippen LogP contribution in [0.1, 0.15) is 61.3 Å². The monoisotopic (exact) mass is 558 g/mol. The third-order valence-corrected chi connectivity index (χ3v) is 9.41. The number of hydrogen-bond acceptors (Lipinski definition) is 8. The molecule has 1 saturated heterocycles. The summed E-state index contributed by atoms with van der Waals surface area (Å²) in [5.41, 5.74) is 1.63. The van der Waals surface area contributed by atoms with Crippen LogP contribution in [-0.4, -0.2) is 51.6 Å². The van der Waals surface area contributed by atoms with Crippen LogP contribution in [0.5, 0.6) is 0 Å². The van der Waals surface area contributed by atoms with Gasteiger partial charge in [0.1, 0.15) is 11.5 Å². The number of carbonyl (C=O) groups is 2. The molecule has 5 rings (SSSR count). The molecule has 1 aliphatic heterocycles. The summed E-state index contributed by atoms with van der Waals surface area (Å²) in [6.07, 6.45) is 6.17. The summed E-state index contributed by atoms with van der Waals surface area (Å²) >= 11 is 6.25. The smallest absolute Gasteiger partial charge is 0.317 e. The number of ketones is 1. The van der Waals surface area contributed by atoms with Crippen molar-refractivity contribution < 1.29 is 22.7 Å². The Bertz CT molecular complexity index is 1510. The first-order valence-electron chi connectivity index (χ1n) is 12.9. The van der Waals surface area contributed by atoms with Gasteiger partial charge in [-0.15, -0.1) is 5.10 Å². The van der Waals surface area contributed by atoms with Gasteiger partial charge in [0.05, 0.1) is 9.92 Å². The second-order valence-corrected chi connectivity index (χ2v) is 13.1. The van der Waals surface area contributed by atoms with Gasteiger partial charge >= 0.3 is 5.97 Å². The Morgan fingerprint density at radius 1 is 1.13 bits per heavy atom. The van der Waals surface area contributed by atoms with Gasteiger partial charge in [0.2, 0.25) is 0 Å². The van der Waals surface area contributed by atoms with Crippen LogP contribution in [0.15, 0.2) is 29.2 Å². The van der Waals surface area contributed by atoms with E-state index in [0.717, 1.165) is 48.9 Å². The van der Waals surface area contributed by atoms with Gasteiger partial charge in [-0.1, -0.05) is 30.5 Å². The van der Waals surface area contributed by atoms with Gasteiger partial charge in [-0.3, -0.25) is 9.59 Å². The average Bonchev–Trinajstić information content (AvgIpc) is 3.50. The van der Waals surface area contributed by atoms with Crippen molar-refractivity contribution in [2.75, 3.05) is 6.26 Å². The summed E-state index contributed by atoms with van der Waals surface area (Å²) in [4.78, 5) is 35.7. The molecule has 0 amide bonds. The summed E-state index contributed by atoms with van der Waals surface area (Å²) in [6, 6.07) is 6.77. The lowest BCUT2D eigenvalue weighted by Crippen LogP contribution is -2.52. The van der Waals surface area contributed by atoms with E-state index < -0.39 is 27.3 Å². The molecule has 202 valence electrons. The number of nitrogens with zero attached hydrogens (tertiary/aromatic N) is 4. The molecule has 1 saturated carbocycles. The quantitative estimate of drug-likeness (QED) is 0.315. The highest BCUT2D eigenvalue weighted by atomic mass is 35.5. The first kappa shape index (κ1) is 26.7. The van der Waals surface area contributed by atoms with Crippen LogP contribution in [0.3, 0.4) is 0 Å². The molecular weight excluding hydrogens is 528 g/mol. The molecule has 3 heterocycles. The van der Waals surface area contributed by atoms with E-state index in [9.17, 15) is 18.0 Å². The lowest BCUT2D eigenvalue weighted by atomic mass is 9.73. The van der Waals surface area contributed by atoms with Gasteiger partial charge in [0.15, 0.2) is 21.4 Å². The largest absolute Gasteiger partial charge is 0.458 e. The maximum atomic E-state index is 13.5. The molecule has 2 aliphatic rings. The molecule has 0 radical (unpaired) electrons. The summed E-state index contributed by atoms with van der Waals surface area (Å²) in [5.74, 6) is -0.709. The van der Waals surface area contributed by atoms with Gasteiger partial charge in [-0.25, -0.2) is 17.9 Å². The van der Waals surface area contributed by atoms with Crippen molar-refractivity contribution in [1.82, 2.24) is 19.6 Å². The van der Waals surface area contributed by atoms with Gasteiger partial charge in [0, 0.05) is 30.5 Å². The number of rotatable bonds is 7. The predicted octanol–water partition coefficient (Wildman–Crippen LogP) is 4.03. The summed E-state index contributed by atoms with van der Waals surface area (Å²) in [6.45, 7) is 3.78. The van der Waals surface area contributed by atoms with E-state index in [2.05, 4.69) is 15.1 Å². The van der Waals surface area contributed by atoms with E-state index in [1.807, 2.05) is 19.9 Å². The molecule has 1 aromatic carbocycles. The van der Waals surface area contributed by atoms with Crippen molar-refractivity contribution in [1.29, 1.82) is 0 Å². The fraction of sp³-hybridized carbons (Fsp3) is 0.519. The molecule has 3 aromatic rings. The number of aryl methyl sites for hydroxylation is 3. The van der Waals surface area contributed by atoms with Crippen LogP contribution < -0.4 is 0 Å². The minimum atomic E-state index is -3.43. The van der Waals surface area contributed by atoms with E-state index in [0.29, 0.717) is 24.4 Å². The van der Waals surface area contributed by atoms with Crippen molar-refractivity contribution in [2.45, 2.75) is 75.7 Å². The van der Waals surface area contributed by atoms with E-state index in [-0.39, 0.29) is 34.5 Å². The number of halogens is 1. The van der Waals surface area contributed by atoms with E-state index in [1.165, 1.54) is 6.07 Å². The normalized spacial score (nSPS) is 22.8.